The number of pyridine rings is 1. The molecule has 2 N–H and O–H groups in total. The Hall–Kier alpha value is -1.75. The third kappa shape index (κ3) is 3.29. The predicted molar refractivity (Wildman–Crippen MR) is 101 cm³/mol. The number of fused-ring (bicyclic) bond motifs is 1. The SMILES string of the molecule is Cl.Cl.c1ccc(-c2cnc3[nH]ccc3c2N2CCNCC2)cc1. The lowest BCUT2D eigenvalue weighted by Gasteiger charge is -2.31. The highest BCUT2D eigenvalue weighted by molar-refractivity contribution is 5.98. The topological polar surface area (TPSA) is 44.0 Å². The number of hydrogen-bond acceptors (Lipinski definition) is 3. The molecule has 0 spiro atoms. The van der Waals surface area contributed by atoms with Crippen molar-refractivity contribution in [1.82, 2.24) is 15.3 Å². The van der Waals surface area contributed by atoms with Gasteiger partial charge in [0.1, 0.15) is 5.65 Å². The first-order valence-corrected chi connectivity index (χ1v) is 7.41. The highest BCUT2D eigenvalue weighted by atomic mass is 35.5. The molecule has 0 radical (unpaired) electrons. The van der Waals surface area contributed by atoms with Crippen molar-refractivity contribution in [2.45, 2.75) is 0 Å². The molecule has 1 aliphatic rings. The Kier molecular flexibility index (Phi) is 5.88. The van der Waals surface area contributed by atoms with Crippen LogP contribution in [-0.4, -0.2) is 36.1 Å². The van der Waals surface area contributed by atoms with Crippen LogP contribution in [0.5, 0.6) is 0 Å². The molecule has 0 unspecified atom stereocenters. The van der Waals surface area contributed by atoms with Crippen LogP contribution in [0.1, 0.15) is 0 Å². The number of hydrogen-bond donors (Lipinski definition) is 2. The second-order valence-electron chi connectivity index (χ2n) is 5.36. The van der Waals surface area contributed by atoms with Gasteiger partial charge in [-0.2, -0.15) is 0 Å². The Morgan fingerprint density at radius 3 is 2.43 bits per heavy atom. The van der Waals surface area contributed by atoms with Gasteiger partial charge < -0.3 is 15.2 Å². The number of aromatic nitrogens is 2. The van der Waals surface area contributed by atoms with Crippen LogP contribution < -0.4 is 10.2 Å². The molecule has 0 bridgehead atoms. The quantitative estimate of drug-likeness (QED) is 0.743. The van der Waals surface area contributed by atoms with Gasteiger partial charge in [-0.05, 0) is 11.6 Å². The molecule has 0 aliphatic carbocycles. The smallest absolute Gasteiger partial charge is 0.139 e. The van der Waals surface area contributed by atoms with Crippen molar-refractivity contribution < 1.29 is 0 Å². The van der Waals surface area contributed by atoms with E-state index in [2.05, 4.69) is 56.6 Å². The summed E-state index contributed by atoms with van der Waals surface area (Å²) in [6.07, 6.45) is 3.96. The van der Waals surface area contributed by atoms with E-state index in [1.807, 2.05) is 12.4 Å². The summed E-state index contributed by atoms with van der Waals surface area (Å²) in [6, 6.07) is 12.7. The minimum atomic E-state index is 0. The minimum absolute atomic E-state index is 0. The average Bonchev–Trinajstić information content (AvgIpc) is 3.04. The molecule has 1 aromatic carbocycles. The molecule has 0 amide bonds. The lowest BCUT2D eigenvalue weighted by atomic mass is 10.0. The van der Waals surface area contributed by atoms with Gasteiger partial charge in [-0.3, -0.25) is 0 Å². The van der Waals surface area contributed by atoms with Crippen LogP contribution in [0.15, 0.2) is 48.8 Å². The zero-order chi connectivity index (χ0) is 14.1. The lowest BCUT2D eigenvalue weighted by molar-refractivity contribution is 0.590. The first-order chi connectivity index (χ1) is 10.4. The van der Waals surface area contributed by atoms with Gasteiger partial charge in [-0.1, -0.05) is 30.3 Å². The monoisotopic (exact) mass is 350 g/mol. The number of piperazine rings is 1. The maximum atomic E-state index is 4.58. The van der Waals surface area contributed by atoms with Gasteiger partial charge in [0.05, 0.1) is 5.69 Å². The van der Waals surface area contributed by atoms with Crippen molar-refractivity contribution in [3.8, 4) is 11.1 Å². The largest absolute Gasteiger partial charge is 0.368 e. The molecule has 122 valence electrons. The standard InChI is InChI=1S/C17H18N4.2ClH/c1-2-4-13(5-3-1)15-12-20-17-14(6-7-19-17)16(15)21-10-8-18-9-11-21;;/h1-7,12,18H,8-11H2,(H,19,20);2*1H. The zero-order valence-corrected chi connectivity index (χ0v) is 14.3. The molecule has 1 fully saturated rings. The molecule has 6 heteroatoms. The van der Waals surface area contributed by atoms with Crippen LogP contribution in [-0.2, 0) is 0 Å². The fraction of sp³-hybridized carbons (Fsp3) is 0.235. The molecule has 0 saturated carbocycles. The molecule has 4 nitrogen and oxygen atoms in total. The summed E-state index contributed by atoms with van der Waals surface area (Å²) in [7, 11) is 0. The molecular formula is C17H20Cl2N4. The highest BCUT2D eigenvalue weighted by Gasteiger charge is 2.19. The van der Waals surface area contributed by atoms with Crippen molar-refractivity contribution in [3.63, 3.8) is 0 Å². The molecule has 4 rings (SSSR count). The van der Waals surface area contributed by atoms with Gasteiger partial charge in [0, 0.05) is 49.5 Å². The van der Waals surface area contributed by atoms with Gasteiger partial charge in [-0.25, -0.2) is 4.98 Å². The van der Waals surface area contributed by atoms with E-state index in [9.17, 15) is 0 Å². The molecule has 1 aliphatic heterocycles. The second kappa shape index (κ2) is 7.68. The minimum Gasteiger partial charge on any atom is -0.368 e. The van der Waals surface area contributed by atoms with Gasteiger partial charge in [0.2, 0.25) is 0 Å². The molecule has 0 atom stereocenters. The van der Waals surface area contributed by atoms with Crippen molar-refractivity contribution in [2.24, 2.45) is 0 Å². The fourth-order valence-electron chi connectivity index (χ4n) is 3.05. The summed E-state index contributed by atoms with van der Waals surface area (Å²) in [5, 5.41) is 4.63. The number of halogens is 2. The maximum Gasteiger partial charge on any atom is 0.139 e. The van der Waals surface area contributed by atoms with Crippen LogP contribution in [0.4, 0.5) is 5.69 Å². The third-order valence-electron chi connectivity index (χ3n) is 4.08. The summed E-state index contributed by atoms with van der Waals surface area (Å²) >= 11 is 0. The second-order valence-corrected chi connectivity index (χ2v) is 5.36. The Bertz CT molecular complexity index is 752. The van der Waals surface area contributed by atoms with Crippen molar-refractivity contribution in [1.29, 1.82) is 0 Å². The Morgan fingerprint density at radius 2 is 1.70 bits per heavy atom. The molecule has 1 saturated heterocycles. The number of rotatable bonds is 2. The lowest BCUT2D eigenvalue weighted by Crippen LogP contribution is -2.43. The van der Waals surface area contributed by atoms with Gasteiger partial charge in [-0.15, -0.1) is 24.8 Å². The summed E-state index contributed by atoms with van der Waals surface area (Å²) in [4.78, 5) is 10.3. The summed E-state index contributed by atoms with van der Waals surface area (Å²) in [5.41, 5.74) is 4.70. The van der Waals surface area contributed by atoms with E-state index < -0.39 is 0 Å². The van der Waals surface area contributed by atoms with Gasteiger partial charge >= 0.3 is 0 Å². The normalized spacial score (nSPS) is 14.2. The number of nitrogens with one attached hydrogen (secondary N) is 2. The number of H-pyrrole nitrogens is 1. The van der Waals surface area contributed by atoms with E-state index in [-0.39, 0.29) is 24.8 Å². The maximum absolute atomic E-state index is 4.58. The van der Waals surface area contributed by atoms with E-state index in [0.717, 1.165) is 31.8 Å². The Balaban J connectivity index is 0.000000960. The van der Waals surface area contributed by atoms with E-state index >= 15 is 0 Å². The number of anilines is 1. The average molecular weight is 351 g/mol. The van der Waals surface area contributed by atoms with Crippen LogP contribution in [0, 0.1) is 0 Å². The first kappa shape index (κ1) is 17.6. The third-order valence-corrected chi connectivity index (χ3v) is 4.08. The van der Waals surface area contributed by atoms with Gasteiger partial charge in [0.15, 0.2) is 0 Å². The van der Waals surface area contributed by atoms with Crippen LogP contribution >= 0.6 is 24.8 Å². The fourth-order valence-corrected chi connectivity index (χ4v) is 3.05. The molecule has 3 heterocycles. The summed E-state index contributed by atoms with van der Waals surface area (Å²) in [5.74, 6) is 0. The molecule has 23 heavy (non-hydrogen) atoms. The zero-order valence-electron chi connectivity index (χ0n) is 12.7. The van der Waals surface area contributed by atoms with E-state index in [1.54, 1.807) is 0 Å². The van der Waals surface area contributed by atoms with Crippen LogP contribution in [0.2, 0.25) is 0 Å². The number of aromatic amines is 1. The number of nitrogens with zero attached hydrogens (tertiary/aromatic N) is 2. The van der Waals surface area contributed by atoms with E-state index in [1.165, 1.54) is 22.2 Å². The molecule has 2 aromatic heterocycles. The number of benzene rings is 1. The van der Waals surface area contributed by atoms with Gasteiger partial charge in [0.25, 0.3) is 0 Å². The van der Waals surface area contributed by atoms with E-state index in [0.29, 0.717) is 0 Å². The van der Waals surface area contributed by atoms with Crippen molar-refractivity contribution >= 4 is 41.5 Å². The van der Waals surface area contributed by atoms with Crippen LogP contribution in [0.3, 0.4) is 0 Å². The van der Waals surface area contributed by atoms with Crippen molar-refractivity contribution in [2.75, 3.05) is 31.1 Å². The predicted octanol–water partition coefficient (Wildman–Crippen LogP) is 3.48. The summed E-state index contributed by atoms with van der Waals surface area (Å²) in [6.45, 7) is 4.12. The molecular weight excluding hydrogens is 331 g/mol. The van der Waals surface area contributed by atoms with Crippen LogP contribution in [0.25, 0.3) is 22.2 Å². The van der Waals surface area contributed by atoms with E-state index in [4.69, 9.17) is 0 Å². The highest BCUT2D eigenvalue weighted by Crippen LogP contribution is 2.36. The summed E-state index contributed by atoms with van der Waals surface area (Å²) < 4.78 is 0. The van der Waals surface area contributed by atoms with Crippen molar-refractivity contribution in [3.05, 3.63) is 48.8 Å². The Morgan fingerprint density at radius 1 is 0.957 bits per heavy atom. The molecule has 3 aromatic rings. The first-order valence-electron chi connectivity index (χ1n) is 7.41. The Labute approximate surface area is 148 Å².